The quantitative estimate of drug-likeness (QED) is 0.448. The summed E-state index contributed by atoms with van der Waals surface area (Å²) in [4.78, 5) is 33.7. The summed E-state index contributed by atoms with van der Waals surface area (Å²) < 4.78 is 40.0. The fourth-order valence-corrected chi connectivity index (χ4v) is 4.08. The van der Waals surface area contributed by atoms with E-state index in [2.05, 4.69) is 10.6 Å². The van der Waals surface area contributed by atoms with Crippen LogP contribution < -0.4 is 15.5 Å². The Morgan fingerprint density at radius 2 is 1.86 bits per heavy atom. The molecule has 0 spiro atoms. The van der Waals surface area contributed by atoms with Crippen molar-refractivity contribution in [1.29, 1.82) is 0 Å². The first-order valence-electron chi connectivity index (χ1n) is 10.8. The number of aromatic nitrogens is 2. The standard InChI is InChI=1S/C25H19F3N4O3/c1-14-12-15-6-5-9-17(21(15)31-22(14)30-16-7-3-2-4-8-16)20-13-18-19(10-11-29-23(18)33)32(20)35-24(34)25(26,27)28/h2-9,12-13H,10-11H2,1H3,(H,29,33)(H,30,31). The van der Waals surface area contributed by atoms with Crippen molar-refractivity contribution < 1.29 is 27.6 Å². The fraction of sp³-hybridized carbons (Fsp3) is 0.160. The Morgan fingerprint density at radius 1 is 1.09 bits per heavy atom. The van der Waals surface area contributed by atoms with E-state index in [0.29, 0.717) is 16.9 Å². The molecule has 1 amide bonds. The SMILES string of the molecule is Cc1cc2cccc(-c3cc4c(n3OC(=O)C(F)(F)F)CCNC4=O)c2nc1Nc1ccccc1. The molecule has 0 fully saturated rings. The predicted molar refractivity (Wildman–Crippen MR) is 123 cm³/mol. The van der Waals surface area contributed by atoms with Crippen LogP contribution >= 0.6 is 0 Å². The molecule has 2 aromatic heterocycles. The number of nitrogens with zero attached hydrogens (tertiary/aromatic N) is 2. The summed E-state index contributed by atoms with van der Waals surface area (Å²) in [5, 5.41) is 6.64. The van der Waals surface area contributed by atoms with E-state index in [1.807, 2.05) is 49.4 Å². The maximum atomic E-state index is 13.1. The fourth-order valence-electron chi connectivity index (χ4n) is 4.08. The van der Waals surface area contributed by atoms with E-state index in [4.69, 9.17) is 9.82 Å². The van der Waals surface area contributed by atoms with Crippen molar-refractivity contribution >= 4 is 34.3 Å². The minimum absolute atomic E-state index is 0.122. The number of rotatable bonds is 4. The molecular formula is C25H19F3N4O3. The van der Waals surface area contributed by atoms with Crippen molar-refractivity contribution in [3.05, 3.63) is 77.5 Å². The summed E-state index contributed by atoms with van der Waals surface area (Å²) in [6.07, 6.45) is -5.00. The summed E-state index contributed by atoms with van der Waals surface area (Å²) in [5.74, 6) is -2.27. The molecule has 2 N–H and O–H groups in total. The van der Waals surface area contributed by atoms with Gasteiger partial charge in [0.05, 0.1) is 22.5 Å². The molecule has 10 heteroatoms. The zero-order valence-electron chi connectivity index (χ0n) is 18.4. The summed E-state index contributed by atoms with van der Waals surface area (Å²) >= 11 is 0. The molecule has 0 aliphatic carbocycles. The van der Waals surface area contributed by atoms with Gasteiger partial charge in [-0.3, -0.25) is 4.79 Å². The number of amides is 1. The number of aryl methyl sites for hydroxylation is 1. The van der Waals surface area contributed by atoms with Gasteiger partial charge in [0, 0.05) is 29.6 Å². The largest absolute Gasteiger partial charge is 0.493 e. The van der Waals surface area contributed by atoms with Crippen molar-refractivity contribution in [3.63, 3.8) is 0 Å². The maximum Gasteiger partial charge on any atom is 0.493 e. The third-order valence-corrected chi connectivity index (χ3v) is 5.70. The predicted octanol–water partition coefficient (Wildman–Crippen LogP) is 4.56. The van der Waals surface area contributed by atoms with Gasteiger partial charge in [0.2, 0.25) is 0 Å². The Kier molecular flexibility index (Phi) is 5.43. The molecule has 0 atom stereocenters. The highest BCUT2D eigenvalue weighted by Gasteiger charge is 2.43. The normalized spacial score (nSPS) is 13.3. The molecule has 0 radical (unpaired) electrons. The topological polar surface area (TPSA) is 85.2 Å². The van der Waals surface area contributed by atoms with E-state index in [1.54, 1.807) is 12.1 Å². The van der Waals surface area contributed by atoms with Crippen LogP contribution in [0.1, 0.15) is 21.6 Å². The van der Waals surface area contributed by atoms with Gasteiger partial charge in [0.25, 0.3) is 5.91 Å². The van der Waals surface area contributed by atoms with Crippen molar-refractivity contribution in [2.24, 2.45) is 0 Å². The van der Waals surface area contributed by atoms with E-state index >= 15 is 0 Å². The van der Waals surface area contributed by atoms with Gasteiger partial charge < -0.3 is 15.5 Å². The molecule has 178 valence electrons. The number of para-hydroxylation sites is 2. The highest BCUT2D eigenvalue weighted by molar-refractivity contribution is 6.00. The number of pyridine rings is 1. The van der Waals surface area contributed by atoms with Crippen LogP contribution in [0.3, 0.4) is 0 Å². The van der Waals surface area contributed by atoms with E-state index in [-0.39, 0.29) is 29.9 Å². The Labute approximate surface area is 197 Å². The molecular weight excluding hydrogens is 461 g/mol. The zero-order valence-corrected chi connectivity index (χ0v) is 18.4. The highest BCUT2D eigenvalue weighted by atomic mass is 19.4. The summed E-state index contributed by atoms with van der Waals surface area (Å²) in [6.45, 7) is 2.10. The third-order valence-electron chi connectivity index (χ3n) is 5.70. The molecule has 5 rings (SSSR count). The number of carbonyl (C=O) groups is 2. The second-order valence-electron chi connectivity index (χ2n) is 8.09. The minimum Gasteiger partial charge on any atom is -0.352 e. The Balaban J connectivity index is 1.69. The smallest absolute Gasteiger partial charge is 0.352 e. The second-order valence-corrected chi connectivity index (χ2v) is 8.09. The summed E-state index contributed by atoms with van der Waals surface area (Å²) in [6, 6.07) is 17.9. The number of anilines is 2. The summed E-state index contributed by atoms with van der Waals surface area (Å²) in [5.41, 5.74) is 3.01. The van der Waals surface area contributed by atoms with Crippen molar-refractivity contribution in [2.75, 3.05) is 11.9 Å². The van der Waals surface area contributed by atoms with E-state index in [9.17, 15) is 22.8 Å². The number of hydrogen-bond acceptors (Lipinski definition) is 5. The Hall–Kier alpha value is -4.34. The van der Waals surface area contributed by atoms with E-state index < -0.39 is 18.1 Å². The van der Waals surface area contributed by atoms with Crippen LogP contribution in [-0.4, -0.2) is 34.3 Å². The zero-order chi connectivity index (χ0) is 24.7. The van der Waals surface area contributed by atoms with Crippen LogP contribution in [0.4, 0.5) is 24.7 Å². The van der Waals surface area contributed by atoms with Gasteiger partial charge in [-0.1, -0.05) is 36.4 Å². The molecule has 0 saturated heterocycles. The average molecular weight is 480 g/mol. The van der Waals surface area contributed by atoms with Gasteiger partial charge in [0.15, 0.2) is 0 Å². The first kappa shape index (κ1) is 22.5. The first-order chi connectivity index (χ1) is 16.7. The molecule has 35 heavy (non-hydrogen) atoms. The van der Waals surface area contributed by atoms with Crippen LogP contribution in [0.2, 0.25) is 0 Å². The van der Waals surface area contributed by atoms with Gasteiger partial charge in [-0.2, -0.15) is 17.9 Å². The number of hydrogen-bond donors (Lipinski definition) is 2. The van der Waals surface area contributed by atoms with Crippen LogP contribution in [-0.2, 0) is 11.2 Å². The lowest BCUT2D eigenvalue weighted by atomic mass is 10.0. The first-order valence-corrected chi connectivity index (χ1v) is 10.8. The maximum absolute atomic E-state index is 13.1. The minimum atomic E-state index is -5.20. The van der Waals surface area contributed by atoms with Crippen LogP contribution in [0.5, 0.6) is 0 Å². The molecule has 0 unspecified atom stereocenters. The van der Waals surface area contributed by atoms with Gasteiger partial charge in [-0.05, 0) is 36.8 Å². The molecule has 1 aliphatic rings. The van der Waals surface area contributed by atoms with Gasteiger partial charge in [-0.15, -0.1) is 0 Å². The van der Waals surface area contributed by atoms with Crippen LogP contribution in [0.15, 0.2) is 60.7 Å². The molecule has 1 aliphatic heterocycles. The molecule has 7 nitrogen and oxygen atoms in total. The monoisotopic (exact) mass is 480 g/mol. The number of benzene rings is 2. The number of carbonyl (C=O) groups excluding carboxylic acids is 2. The highest BCUT2D eigenvalue weighted by Crippen LogP contribution is 2.34. The lowest BCUT2D eigenvalue weighted by Crippen LogP contribution is -2.37. The molecule has 2 aromatic carbocycles. The molecule has 4 aromatic rings. The lowest BCUT2D eigenvalue weighted by Gasteiger charge is -2.18. The van der Waals surface area contributed by atoms with Gasteiger partial charge in [-0.25, -0.2) is 9.78 Å². The number of fused-ring (bicyclic) bond motifs is 2. The lowest BCUT2D eigenvalue weighted by molar-refractivity contribution is -0.199. The van der Waals surface area contributed by atoms with Crippen molar-refractivity contribution in [1.82, 2.24) is 15.0 Å². The van der Waals surface area contributed by atoms with Crippen LogP contribution in [0, 0.1) is 6.92 Å². The number of nitrogens with one attached hydrogen (secondary N) is 2. The van der Waals surface area contributed by atoms with Gasteiger partial charge >= 0.3 is 12.1 Å². The Morgan fingerprint density at radius 3 is 2.60 bits per heavy atom. The van der Waals surface area contributed by atoms with Crippen molar-refractivity contribution in [2.45, 2.75) is 19.5 Å². The van der Waals surface area contributed by atoms with Gasteiger partial charge in [0.1, 0.15) is 5.82 Å². The molecule has 0 bridgehead atoms. The number of alkyl halides is 3. The average Bonchev–Trinajstić information content (AvgIpc) is 3.19. The molecule has 3 heterocycles. The molecule has 0 saturated carbocycles. The van der Waals surface area contributed by atoms with E-state index in [0.717, 1.165) is 21.4 Å². The second kappa shape index (κ2) is 8.46. The summed E-state index contributed by atoms with van der Waals surface area (Å²) in [7, 11) is 0. The van der Waals surface area contributed by atoms with E-state index in [1.165, 1.54) is 6.07 Å². The third kappa shape index (κ3) is 4.18. The van der Waals surface area contributed by atoms with Crippen molar-refractivity contribution in [3.8, 4) is 11.3 Å². The van der Waals surface area contributed by atoms with Crippen LogP contribution in [0.25, 0.3) is 22.2 Å². The Bertz CT molecular complexity index is 1460. The number of halogens is 3.